The number of nitrogens with one attached hydrogen (secondary N) is 1. The first-order valence-corrected chi connectivity index (χ1v) is 13.7. The van der Waals surface area contributed by atoms with Crippen molar-refractivity contribution in [3.63, 3.8) is 0 Å². The molecule has 2 aliphatic rings. The minimum Gasteiger partial charge on any atom is -0.348 e. The molecule has 1 N–H and O–H groups in total. The van der Waals surface area contributed by atoms with Crippen LogP contribution in [-0.4, -0.2) is 46.4 Å². The summed E-state index contributed by atoms with van der Waals surface area (Å²) in [4.78, 5) is 22.9. The average Bonchev–Trinajstić information content (AvgIpc) is 3.19. The van der Waals surface area contributed by atoms with Crippen molar-refractivity contribution in [2.75, 3.05) is 11.5 Å². The molecule has 1 aliphatic heterocycles. The summed E-state index contributed by atoms with van der Waals surface area (Å²) in [5.74, 6) is 0.796. The Labute approximate surface area is 194 Å². The Hall–Kier alpha value is -2.74. The highest BCUT2D eigenvalue weighted by atomic mass is 32.2. The fraction of sp³-hybridized carbons (Fsp3) is 0.480. The molecule has 8 heteroatoms. The van der Waals surface area contributed by atoms with Gasteiger partial charge in [0.15, 0.2) is 15.5 Å². The highest BCUT2D eigenvalue weighted by Crippen LogP contribution is 2.32. The number of benzene rings is 1. The van der Waals surface area contributed by atoms with Crippen LogP contribution < -0.4 is 5.32 Å². The van der Waals surface area contributed by atoms with E-state index in [2.05, 4.69) is 5.32 Å². The molecule has 2 aromatic heterocycles. The van der Waals surface area contributed by atoms with Crippen LogP contribution in [0.4, 0.5) is 0 Å². The van der Waals surface area contributed by atoms with E-state index in [1.165, 1.54) is 12.8 Å². The molecule has 2 fully saturated rings. The summed E-state index contributed by atoms with van der Waals surface area (Å²) in [5, 5.41) is 3.21. The molecule has 1 aliphatic carbocycles. The summed E-state index contributed by atoms with van der Waals surface area (Å²) in [5.41, 5.74) is 3.24. The number of carbonyl (C=O) groups excluding carboxylic acids is 1. The van der Waals surface area contributed by atoms with Crippen LogP contribution in [0.1, 0.15) is 67.3 Å². The second-order valence-corrected chi connectivity index (χ2v) is 11.6. The monoisotopic (exact) mass is 466 g/mol. The number of imidazole rings is 1. The lowest BCUT2D eigenvalue weighted by Crippen LogP contribution is -2.35. The molecule has 33 heavy (non-hydrogen) atoms. The third kappa shape index (κ3) is 4.53. The molecule has 1 saturated carbocycles. The molecule has 0 spiro atoms. The summed E-state index contributed by atoms with van der Waals surface area (Å²) >= 11 is 0. The number of amides is 1. The van der Waals surface area contributed by atoms with E-state index in [0.717, 1.165) is 36.8 Å². The lowest BCUT2D eigenvalue weighted by Gasteiger charge is -2.17. The predicted molar refractivity (Wildman–Crippen MR) is 129 cm³/mol. The minimum atomic E-state index is -3.06. The van der Waals surface area contributed by atoms with Gasteiger partial charge in [-0.25, -0.2) is 18.4 Å². The summed E-state index contributed by atoms with van der Waals surface area (Å²) in [6, 6.07) is 11.7. The Bertz CT molecular complexity index is 1280. The maximum absolute atomic E-state index is 13.4. The first-order valence-electron chi connectivity index (χ1n) is 11.9. The quantitative estimate of drug-likeness (QED) is 0.581. The maximum atomic E-state index is 13.4. The van der Waals surface area contributed by atoms with Crippen molar-refractivity contribution in [2.45, 2.75) is 64.0 Å². The third-order valence-corrected chi connectivity index (χ3v) is 8.65. The molecule has 0 radical (unpaired) electrons. The molecule has 3 heterocycles. The third-order valence-electron chi connectivity index (χ3n) is 6.90. The molecule has 1 aromatic carbocycles. The van der Waals surface area contributed by atoms with Gasteiger partial charge in [-0.3, -0.25) is 4.79 Å². The molecule has 3 aromatic rings. The van der Waals surface area contributed by atoms with E-state index < -0.39 is 9.84 Å². The maximum Gasteiger partial charge on any atom is 0.272 e. The first kappa shape index (κ1) is 22.1. The summed E-state index contributed by atoms with van der Waals surface area (Å²) in [7, 11) is -3.06. The van der Waals surface area contributed by atoms with E-state index in [-0.39, 0.29) is 29.5 Å². The van der Waals surface area contributed by atoms with E-state index in [1.54, 1.807) is 0 Å². The van der Waals surface area contributed by atoms with Gasteiger partial charge in [0, 0.05) is 11.6 Å². The minimum absolute atomic E-state index is 0.103. The van der Waals surface area contributed by atoms with E-state index >= 15 is 0 Å². The van der Waals surface area contributed by atoms with Crippen molar-refractivity contribution in [3.05, 3.63) is 47.9 Å². The van der Waals surface area contributed by atoms with Crippen LogP contribution in [0.25, 0.3) is 22.3 Å². The standard InChI is InChI=1S/C25H30N4O3S/c1-17-26-23-22(29(17)20-13-14-33(31,32)16-20)15-21(18-9-5-4-6-10-18)28-24(23)25(30)27-19-11-7-2-3-8-12-19/h4-6,9-10,15,19-20H,2-3,7-8,11-14,16H2,1H3,(H,27,30). The summed E-state index contributed by atoms with van der Waals surface area (Å²) in [6.45, 7) is 1.88. The van der Waals surface area contributed by atoms with Gasteiger partial charge in [-0.1, -0.05) is 56.0 Å². The lowest BCUT2D eigenvalue weighted by atomic mass is 10.1. The molecule has 1 atom stereocenters. The fourth-order valence-corrected chi connectivity index (χ4v) is 6.94. The van der Waals surface area contributed by atoms with Crippen LogP contribution in [0.5, 0.6) is 0 Å². The number of rotatable bonds is 4. The number of hydrogen-bond donors (Lipinski definition) is 1. The molecular weight excluding hydrogens is 436 g/mol. The smallest absolute Gasteiger partial charge is 0.272 e. The van der Waals surface area contributed by atoms with Crippen LogP contribution in [-0.2, 0) is 9.84 Å². The topological polar surface area (TPSA) is 93.9 Å². The zero-order valence-corrected chi connectivity index (χ0v) is 19.8. The van der Waals surface area contributed by atoms with Crippen molar-refractivity contribution in [3.8, 4) is 11.3 Å². The number of carbonyl (C=O) groups is 1. The molecule has 0 bridgehead atoms. The lowest BCUT2D eigenvalue weighted by molar-refractivity contribution is 0.0930. The number of hydrogen-bond acceptors (Lipinski definition) is 5. The van der Waals surface area contributed by atoms with Crippen LogP contribution in [0.2, 0.25) is 0 Å². The van der Waals surface area contributed by atoms with Crippen LogP contribution in [0.3, 0.4) is 0 Å². The average molecular weight is 467 g/mol. The van der Waals surface area contributed by atoms with Gasteiger partial charge >= 0.3 is 0 Å². The first-order chi connectivity index (χ1) is 15.9. The Balaban J connectivity index is 1.61. The molecule has 5 rings (SSSR count). The second kappa shape index (κ2) is 8.89. The zero-order valence-electron chi connectivity index (χ0n) is 19.0. The van der Waals surface area contributed by atoms with Gasteiger partial charge in [0.05, 0.1) is 28.8 Å². The Morgan fingerprint density at radius 2 is 1.76 bits per heavy atom. The van der Waals surface area contributed by atoms with Gasteiger partial charge < -0.3 is 9.88 Å². The van der Waals surface area contributed by atoms with Gasteiger partial charge in [-0.05, 0) is 32.3 Å². The van der Waals surface area contributed by atoms with Gasteiger partial charge in [0.25, 0.3) is 5.91 Å². The SMILES string of the molecule is Cc1nc2c(C(=O)NC3CCCCCC3)nc(-c3ccccc3)cc2n1C1CCS(=O)(=O)C1. The van der Waals surface area contributed by atoms with Crippen molar-refractivity contribution < 1.29 is 13.2 Å². The number of fused-ring (bicyclic) bond motifs is 1. The Morgan fingerprint density at radius 3 is 2.42 bits per heavy atom. The highest BCUT2D eigenvalue weighted by molar-refractivity contribution is 7.91. The number of sulfone groups is 1. The van der Waals surface area contributed by atoms with E-state index in [1.807, 2.05) is 47.9 Å². The van der Waals surface area contributed by atoms with E-state index in [0.29, 0.717) is 29.1 Å². The van der Waals surface area contributed by atoms with Gasteiger partial charge in [0.1, 0.15) is 11.3 Å². The number of nitrogens with zero attached hydrogens (tertiary/aromatic N) is 3. The van der Waals surface area contributed by atoms with Crippen LogP contribution in [0.15, 0.2) is 36.4 Å². The fourth-order valence-electron chi connectivity index (χ4n) is 5.24. The molecule has 174 valence electrons. The van der Waals surface area contributed by atoms with Gasteiger partial charge in [0.2, 0.25) is 0 Å². The van der Waals surface area contributed by atoms with E-state index in [9.17, 15) is 13.2 Å². The van der Waals surface area contributed by atoms with Gasteiger partial charge in [-0.15, -0.1) is 0 Å². The normalized spacial score (nSPS) is 21.2. The number of aromatic nitrogens is 3. The molecule has 1 saturated heterocycles. The molecular formula is C25H30N4O3S. The summed E-state index contributed by atoms with van der Waals surface area (Å²) < 4.78 is 26.4. The molecule has 1 unspecified atom stereocenters. The number of aryl methyl sites for hydroxylation is 1. The summed E-state index contributed by atoms with van der Waals surface area (Å²) in [6.07, 6.45) is 7.21. The van der Waals surface area contributed by atoms with Crippen molar-refractivity contribution in [2.24, 2.45) is 0 Å². The largest absolute Gasteiger partial charge is 0.348 e. The van der Waals surface area contributed by atoms with E-state index in [4.69, 9.17) is 9.97 Å². The van der Waals surface area contributed by atoms with Gasteiger partial charge in [-0.2, -0.15) is 0 Å². The zero-order chi connectivity index (χ0) is 23.0. The predicted octanol–water partition coefficient (Wildman–Crippen LogP) is 4.22. The van der Waals surface area contributed by atoms with Crippen molar-refractivity contribution >= 4 is 26.8 Å². The number of pyridine rings is 1. The Morgan fingerprint density at radius 1 is 1.03 bits per heavy atom. The van der Waals surface area contributed by atoms with Crippen molar-refractivity contribution in [1.82, 2.24) is 19.9 Å². The molecule has 1 amide bonds. The van der Waals surface area contributed by atoms with Crippen LogP contribution in [0, 0.1) is 6.92 Å². The van der Waals surface area contributed by atoms with Crippen molar-refractivity contribution in [1.29, 1.82) is 0 Å². The highest BCUT2D eigenvalue weighted by Gasteiger charge is 2.32. The second-order valence-electron chi connectivity index (χ2n) is 9.34. The molecule has 7 nitrogen and oxygen atoms in total. The van der Waals surface area contributed by atoms with Crippen LogP contribution >= 0.6 is 0 Å². The Kier molecular flexibility index (Phi) is 5.95.